The van der Waals surface area contributed by atoms with E-state index in [1.54, 1.807) is 6.20 Å². The predicted molar refractivity (Wildman–Crippen MR) is 74.4 cm³/mol. The minimum absolute atomic E-state index is 0.0801. The second-order valence-electron chi connectivity index (χ2n) is 4.42. The smallest absolute Gasteiger partial charge is 0.227 e. The predicted octanol–water partition coefficient (Wildman–Crippen LogP) is 3.61. The number of nitrogens with zero attached hydrogens (tertiary/aromatic N) is 1. The summed E-state index contributed by atoms with van der Waals surface area (Å²) in [6.45, 7) is 4.07. The zero-order chi connectivity index (χ0) is 13.0. The number of hydrogen-bond donors (Lipinski definition) is 1. The molecule has 1 heterocycles. The Balaban J connectivity index is 2.19. The van der Waals surface area contributed by atoms with Crippen LogP contribution in [0.2, 0.25) is 0 Å². The number of pyridine rings is 1. The second-order valence-corrected chi connectivity index (χ2v) is 4.42. The molecule has 94 valence electrons. The van der Waals surface area contributed by atoms with Crippen LogP contribution in [-0.2, 0) is 4.79 Å². The number of anilines is 1. The molecule has 0 saturated carbocycles. The number of carbonyl (C=O) groups excluding carboxylic acids is 1. The van der Waals surface area contributed by atoms with Gasteiger partial charge < -0.3 is 5.32 Å². The molecule has 0 bridgehead atoms. The van der Waals surface area contributed by atoms with E-state index in [2.05, 4.69) is 10.3 Å². The van der Waals surface area contributed by atoms with Crippen LogP contribution >= 0.6 is 0 Å². The van der Waals surface area contributed by atoms with Crippen LogP contribution in [0.15, 0.2) is 36.5 Å². The van der Waals surface area contributed by atoms with Crippen molar-refractivity contribution in [3.8, 4) is 0 Å². The van der Waals surface area contributed by atoms with Crippen LogP contribution in [0.3, 0.4) is 0 Å². The molecule has 0 aliphatic heterocycles. The summed E-state index contributed by atoms with van der Waals surface area (Å²) >= 11 is 0. The highest BCUT2D eigenvalue weighted by Gasteiger charge is 2.14. The first kappa shape index (κ1) is 12.6. The Morgan fingerprint density at radius 1 is 1.28 bits per heavy atom. The summed E-state index contributed by atoms with van der Waals surface area (Å²) in [4.78, 5) is 16.3. The summed E-state index contributed by atoms with van der Waals surface area (Å²) in [6, 6.07) is 9.84. The van der Waals surface area contributed by atoms with Gasteiger partial charge in [0.25, 0.3) is 0 Å². The minimum Gasteiger partial charge on any atom is -0.324 e. The Labute approximate surface area is 107 Å². The quantitative estimate of drug-likeness (QED) is 0.889. The van der Waals surface area contributed by atoms with Gasteiger partial charge in [-0.25, -0.2) is 0 Å². The fourth-order valence-corrected chi connectivity index (χ4v) is 2.04. The lowest BCUT2D eigenvalue weighted by molar-refractivity contribution is -0.120. The SMILES string of the molecule is CCC(CC)C(=O)Nc1cnc2ccccc2c1. The van der Waals surface area contributed by atoms with Gasteiger partial charge in [-0.3, -0.25) is 9.78 Å². The van der Waals surface area contributed by atoms with Gasteiger partial charge in [0, 0.05) is 11.3 Å². The number of hydrogen-bond acceptors (Lipinski definition) is 2. The third-order valence-electron chi connectivity index (χ3n) is 3.21. The second kappa shape index (κ2) is 5.63. The molecule has 0 fully saturated rings. The first-order chi connectivity index (χ1) is 8.74. The monoisotopic (exact) mass is 242 g/mol. The number of rotatable bonds is 4. The number of amides is 1. The van der Waals surface area contributed by atoms with Gasteiger partial charge >= 0.3 is 0 Å². The molecule has 0 saturated heterocycles. The summed E-state index contributed by atoms with van der Waals surface area (Å²) in [5.74, 6) is 0.161. The van der Waals surface area contributed by atoms with E-state index in [-0.39, 0.29) is 11.8 Å². The maximum atomic E-state index is 12.0. The van der Waals surface area contributed by atoms with Gasteiger partial charge in [-0.15, -0.1) is 0 Å². The van der Waals surface area contributed by atoms with Crippen molar-refractivity contribution < 1.29 is 4.79 Å². The van der Waals surface area contributed by atoms with E-state index in [0.717, 1.165) is 29.4 Å². The molecule has 3 nitrogen and oxygen atoms in total. The van der Waals surface area contributed by atoms with Crippen LogP contribution in [0, 0.1) is 5.92 Å². The van der Waals surface area contributed by atoms with Gasteiger partial charge in [0.1, 0.15) is 0 Å². The van der Waals surface area contributed by atoms with Crippen molar-refractivity contribution in [1.82, 2.24) is 4.98 Å². The van der Waals surface area contributed by atoms with Gasteiger partial charge in [-0.2, -0.15) is 0 Å². The average molecular weight is 242 g/mol. The van der Waals surface area contributed by atoms with Crippen molar-refractivity contribution in [3.63, 3.8) is 0 Å². The van der Waals surface area contributed by atoms with Crippen LogP contribution in [0.25, 0.3) is 10.9 Å². The van der Waals surface area contributed by atoms with E-state index >= 15 is 0 Å². The van der Waals surface area contributed by atoms with E-state index in [1.165, 1.54) is 0 Å². The Hall–Kier alpha value is -1.90. The molecule has 3 heteroatoms. The van der Waals surface area contributed by atoms with Crippen LogP contribution in [0.4, 0.5) is 5.69 Å². The van der Waals surface area contributed by atoms with E-state index in [9.17, 15) is 4.79 Å². The van der Waals surface area contributed by atoms with E-state index in [0.29, 0.717) is 0 Å². The fraction of sp³-hybridized carbons (Fsp3) is 0.333. The molecule has 2 aromatic rings. The zero-order valence-corrected chi connectivity index (χ0v) is 10.8. The number of benzene rings is 1. The molecule has 0 spiro atoms. The number of carbonyl (C=O) groups is 1. The van der Waals surface area contributed by atoms with Crippen molar-refractivity contribution in [3.05, 3.63) is 36.5 Å². The molecule has 0 aliphatic carbocycles. The molecule has 18 heavy (non-hydrogen) atoms. The fourth-order valence-electron chi connectivity index (χ4n) is 2.04. The Morgan fingerprint density at radius 3 is 2.72 bits per heavy atom. The molecule has 1 N–H and O–H groups in total. The molecule has 0 unspecified atom stereocenters. The summed E-state index contributed by atoms with van der Waals surface area (Å²) in [5, 5.41) is 3.98. The number of aromatic nitrogens is 1. The normalized spacial score (nSPS) is 10.8. The van der Waals surface area contributed by atoms with Gasteiger partial charge in [0.15, 0.2) is 0 Å². The minimum atomic E-state index is 0.0801. The highest BCUT2D eigenvalue weighted by molar-refractivity contribution is 5.94. The van der Waals surface area contributed by atoms with Crippen LogP contribution in [0.5, 0.6) is 0 Å². The number of nitrogens with one attached hydrogen (secondary N) is 1. The molecule has 0 atom stereocenters. The molecular weight excluding hydrogens is 224 g/mol. The first-order valence-electron chi connectivity index (χ1n) is 6.40. The van der Waals surface area contributed by atoms with Crippen molar-refractivity contribution in [2.75, 3.05) is 5.32 Å². The molecule has 1 aromatic carbocycles. The van der Waals surface area contributed by atoms with Gasteiger partial charge in [0.2, 0.25) is 5.91 Å². The molecule has 0 radical (unpaired) electrons. The van der Waals surface area contributed by atoms with Crippen LogP contribution < -0.4 is 5.32 Å². The Morgan fingerprint density at radius 2 is 2.00 bits per heavy atom. The van der Waals surface area contributed by atoms with Crippen LogP contribution in [-0.4, -0.2) is 10.9 Å². The topological polar surface area (TPSA) is 42.0 Å². The van der Waals surface area contributed by atoms with Crippen molar-refractivity contribution in [1.29, 1.82) is 0 Å². The van der Waals surface area contributed by atoms with Gasteiger partial charge in [-0.1, -0.05) is 32.0 Å². The van der Waals surface area contributed by atoms with Crippen molar-refractivity contribution in [2.45, 2.75) is 26.7 Å². The Kier molecular flexibility index (Phi) is 3.92. The highest BCUT2D eigenvalue weighted by Crippen LogP contribution is 2.17. The molecule has 1 aromatic heterocycles. The van der Waals surface area contributed by atoms with E-state index < -0.39 is 0 Å². The largest absolute Gasteiger partial charge is 0.324 e. The number of fused-ring (bicyclic) bond motifs is 1. The van der Waals surface area contributed by atoms with Gasteiger partial charge in [-0.05, 0) is 25.0 Å². The highest BCUT2D eigenvalue weighted by atomic mass is 16.1. The number of para-hydroxylation sites is 1. The summed E-state index contributed by atoms with van der Waals surface area (Å²) in [5.41, 5.74) is 1.71. The molecule has 2 rings (SSSR count). The molecular formula is C15H18N2O. The van der Waals surface area contributed by atoms with Crippen molar-refractivity contribution in [2.24, 2.45) is 5.92 Å². The first-order valence-corrected chi connectivity index (χ1v) is 6.40. The lowest BCUT2D eigenvalue weighted by Gasteiger charge is -2.12. The maximum absolute atomic E-state index is 12.0. The molecule has 0 aliphatic rings. The third-order valence-corrected chi connectivity index (χ3v) is 3.21. The standard InChI is InChI=1S/C15H18N2O/c1-3-11(4-2)15(18)17-13-9-12-7-5-6-8-14(12)16-10-13/h5-11H,3-4H2,1-2H3,(H,17,18). The maximum Gasteiger partial charge on any atom is 0.227 e. The zero-order valence-electron chi connectivity index (χ0n) is 10.8. The Bertz CT molecular complexity index is 547. The van der Waals surface area contributed by atoms with Crippen molar-refractivity contribution >= 4 is 22.5 Å². The van der Waals surface area contributed by atoms with Crippen LogP contribution in [0.1, 0.15) is 26.7 Å². The van der Waals surface area contributed by atoms with E-state index in [4.69, 9.17) is 0 Å². The third kappa shape index (κ3) is 2.67. The summed E-state index contributed by atoms with van der Waals surface area (Å²) in [6.07, 6.45) is 3.44. The van der Waals surface area contributed by atoms with Gasteiger partial charge in [0.05, 0.1) is 17.4 Å². The lowest BCUT2D eigenvalue weighted by atomic mass is 10.0. The lowest BCUT2D eigenvalue weighted by Crippen LogP contribution is -2.21. The molecule has 1 amide bonds. The summed E-state index contributed by atoms with van der Waals surface area (Å²) in [7, 11) is 0. The summed E-state index contributed by atoms with van der Waals surface area (Å²) < 4.78 is 0. The van der Waals surface area contributed by atoms with E-state index in [1.807, 2.05) is 44.2 Å². The average Bonchev–Trinajstić information content (AvgIpc) is 2.40.